The van der Waals surface area contributed by atoms with Crippen LogP contribution in [0, 0.1) is 0 Å². The van der Waals surface area contributed by atoms with Crippen molar-refractivity contribution in [3.63, 3.8) is 0 Å². The smallest absolute Gasteiger partial charge is 0.206 e. The average Bonchev–Trinajstić information content (AvgIpc) is 2.16. The van der Waals surface area contributed by atoms with Gasteiger partial charge in [-0.1, -0.05) is 46.3 Å². The third-order valence-electron chi connectivity index (χ3n) is 1.93. The molecule has 2 atom stereocenters. The summed E-state index contributed by atoms with van der Waals surface area (Å²) in [6.07, 6.45) is -0.0188. The molecule has 1 rings (SSSR count). The Kier molecular flexibility index (Phi) is 4.19. The summed E-state index contributed by atoms with van der Waals surface area (Å²) in [5, 5.41) is 9.95. The van der Waals surface area contributed by atoms with E-state index >= 15 is 0 Å². The predicted molar refractivity (Wildman–Crippen MR) is 71.9 cm³/mol. The number of aliphatic hydroxyl groups is 1. The second-order valence-electron chi connectivity index (χ2n) is 3.15. The molecule has 0 aromatic heterocycles. The first-order valence-electron chi connectivity index (χ1n) is 4.07. The van der Waals surface area contributed by atoms with E-state index in [1.807, 2.05) is 0 Å². The predicted octanol–water partition coefficient (Wildman–Crippen LogP) is 2.25. The first-order valence-corrected chi connectivity index (χ1v) is 7.83. The molecule has 1 aromatic rings. The van der Waals surface area contributed by atoms with Gasteiger partial charge in [-0.3, -0.25) is 0 Å². The van der Waals surface area contributed by atoms with E-state index in [0.717, 1.165) is 6.26 Å². The van der Waals surface area contributed by atoms with Crippen LogP contribution in [0.3, 0.4) is 0 Å². The standard InChI is InChI=1S/C9H10BrIO3S/c1-15(13,14)9(10,11)8(12)7-5-3-2-4-6-7/h2-6,8,12H,1H3/t8-,9-/m1/s1. The summed E-state index contributed by atoms with van der Waals surface area (Å²) >= 11 is 4.74. The zero-order valence-electron chi connectivity index (χ0n) is 7.89. The van der Waals surface area contributed by atoms with E-state index in [0.29, 0.717) is 5.56 Å². The van der Waals surface area contributed by atoms with Crippen LogP contribution in [-0.2, 0) is 9.84 Å². The minimum absolute atomic E-state index is 0.564. The molecule has 6 heteroatoms. The third kappa shape index (κ3) is 2.92. The molecular weight excluding hydrogens is 395 g/mol. The maximum atomic E-state index is 11.5. The summed E-state index contributed by atoms with van der Waals surface area (Å²) in [5.74, 6) is 0. The second-order valence-corrected chi connectivity index (χ2v) is 11.0. The van der Waals surface area contributed by atoms with Crippen molar-refractivity contribution < 1.29 is 13.5 Å². The minimum Gasteiger partial charge on any atom is -0.385 e. The van der Waals surface area contributed by atoms with E-state index in [1.165, 1.54) is 0 Å². The molecule has 0 unspecified atom stereocenters. The summed E-state index contributed by atoms with van der Waals surface area (Å²) < 4.78 is 21.5. The Morgan fingerprint density at radius 2 is 1.87 bits per heavy atom. The number of halogens is 2. The summed E-state index contributed by atoms with van der Waals surface area (Å²) in [4.78, 5) is 0. The Morgan fingerprint density at radius 1 is 1.40 bits per heavy atom. The summed E-state index contributed by atoms with van der Waals surface area (Å²) in [7, 11) is -3.40. The van der Waals surface area contributed by atoms with Gasteiger partial charge in [0, 0.05) is 6.26 Å². The fourth-order valence-electron chi connectivity index (χ4n) is 1.03. The van der Waals surface area contributed by atoms with Crippen LogP contribution < -0.4 is 0 Å². The molecule has 0 spiro atoms. The van der Waals surface area contributed by atoms with E-state index in [9.17, 15) is 13.5 Å². The van der Waals surface area contributed by atoms with Crippen molar-refractivity contribution in [1.82, 2.24) is 0 Å². The normalized spacial score (nSPS) is 18.1. The zero-order chi connectivity index (χ0) is 11.7. The highest BCUT2D eigenvalue weighted by molar-refractivity contribution is 14.1. The summed E-state index contributed by atoms with van der Waals surface area (Å²) in [5.41, 5.74) is 0.564. The van der Waals surface area contributed by atoms with Crippen LogP contribution in [0.2, 0.25) is 0 Å². The van der Waals surface area contributed by atoms with Crippen LogP contribution >= 0.6 is 38.5 Å². The average molecular weight is 405 g/mol. The maximum Gasteiger partial charge on any atom is 0.206 e. The van der Waals surface area contributed by atoms with Gasteiger partial charge in [0.25, 0.3) is 0 Å². The number of hydrogen-bond acceptors (Lipinski definition) is 3. The number of hydrogen-bond donors (Lipinski definition) is 1. The van der Waals surface area contributed by atoms with Gasteiger partial charge in [0.15, 0.2) is 9.84 Å². The van der Waals surface area contributed by atoms with Gasteiger partial charge in [0.1, 0.15) is 6.10 Å². The molecule has 0 aliphatic carbocycles. The Labute approximate surface area is 111 Å². The van der Waals surface area contributed by atoms with E-state index in [2.05, 4.69) is 15.9 Å². The Balaban J connectivity index is 3.11. The molecule has 0 saturated carbocycles. The first kappa shape index (κ1) is 13.4. The fraction of sp³-hybridized carbons (Fsp3) is 0.333. The van der Waals surface area contributed by atoms with E-state index in [1.54, 1.807) is 52.9 Å². The first-order chi connectivity index (χ1) is 6.77. The highest BCUT2D eigenvalue weighted by Gasteiger charge is 2.43. The molecule has 0 saturated heterocycles. The minimum atomic E-state index is -3.40. The van der Waals surface area contributed by atoms with Crippen molar-refractivity contribution in [1.29, 1.82) is 0 Å². The van der Waals surface area contributed by atoms with Crippen molar-refractivity contribution in [2.24, 2.45) is 0 Å². The number of alkyl halides is 2. The lowest BCUT2D eigenvalue weighted by Gasteiger charge is -2.24. The number of benzene rings is 1. The molecule has 0 bridgehead atoms. The molecular formula is C9H10BrIO3S. The second kappa shape index (κ2) is 4.68. The van der Waals surface area contributed by atoms with Crippen LogP contribution in [0.1, 0.15) is 11.7 Å². The van der Waals surface area contributed by atoms with Gasteiger partial charge in [-0.25, -0.2) is 8.42 Å². The van der Waals surface area contributed by atoms with Crippen LogP contribution in [0.4, 0.5) is 0 Å². The molecule has 0 aliphatic rings. The van der Waals surface area contributed by atoms with Crippen LogP contribution in [0.15, 0.2) is 30.3 Å². The molecule has 1 aromatic carbocycles. The van der Waals surface area contributed by atoms with Gasteiger partial charge < -0.3 is 5.11 Å². The van der Waals surface area contributed by atoms with E-state index in [4.69, 9.17) is 0 Å². The Hall–Kier alpha value is 0.340. The van der Waals surface area contributed by atoms with Gasteiger partial charge >= 0.3 is 0 Å². The molecule has 15 heavy (non-hydrogen) atoms. The van der Waals surface area contributed by atoms with Crippen LogP contribution in [0.5, 0.6) is 0 Å². The van der Waals surface area contributed by atoms with Crippen LogP contribution in [0.25, 0.3) is 0 Å². The van der Waals surface area contributed by atoms with Gasteiger partial charge in [-0.2, -0.15) is 0 Å². The quantitative estimate of drug-likeness (QED) is 0.621. The Bertz CT molecular complexity index is 430. The van der Waals surface area contributed by atoms with Crippen LogP contribution in [-0.4, -0.2) is 21.4 Å². The zero-order valence-corrected chi connectivity index (χ0v) is 12.5. The van der Waals surface area contributed by atoms with Crippen molar-refractivity contribution in [2.45, 2.75) is 7.77 Å². The van der Waals surface area contributed by atoms with Crippen molar-refractivity contribution >= 4 is 48.4 Å². The Morgan fingerprint density at radius 3 is 2.27 bits per heavy atom. The van der Waals surface area contributed by atoms with Crippen molar-refractivity contribution in [3.8, 4) is 0 Å². The van der Waals surface area contributed by atoms with Gasteiger partial charge in [0.05, 0.1) is 0 Å². The van der Waals surface area contributed by atoms with Crippen molar-refractivity contribution in [2.75, 3.05) is 6.26 Å². The third-order valence-corrected chi connectivity index (χ3v) is 8.33. The highest BCUT2D eigenvalue weighted by Crippen LogP contribution is 2.44. The lowest BCUT2D eigenvalue weighted by Crippen LogP contribution is -2.31. The lowest BCUT2D eigenvalue weighted by molar-refractivity contribution is 0.191. The summed E-state index contributed by atoms with van der Waals surface area (Å²) in [6.45, 7) is 0. The van der Waals surface area contributed by atoms with Gasteiger partial charge in [-0.05, 0) is 28.2 Å². The SMILES string of the molecule is CS(=O)(=O)[C@](Br)(I)[C@H](O)c1ccccc1. The fourth-order valence-corrected chi connectivity index (χ4v) is 2.20. The van der Waals surface area contributed by atoms with E-state index in [-0.39, 0.29) is 0 Å². The topological polar surface area (TPSA) is 54.4 Å². The molecule has 3 nitrogen and oxygen atoms in total. The van der Waals surface area contributed by atoms with Gasteiger partial charge in [-0.15, -0.1) is 0 Å². The highest BCUT2D eigenvalue weighted by atomic mass is 127. The molecule has 0 radical (unpaired) electrons. The largest absolute Gasteiger partial charge is 0.385 e. The number of rotatable bonds is 3. The molecule has 0 fully saturated rings. The molecule has 0 aliphatic heterocycles. The molecule has 1 N–H and O–H groups in total. The lowest BCUT2D eigenvalue weighted by atomic mass is 10.1. The number of sulfone groups is 1. The molecule has 84 valence electrons. The molecule has 0 heterocycles. The molecule has 0 amide bonds. The maximum absolute atomic E-state index is 11.5. The number of aliphatic hydroxyl groups excluding tert-OH is 1. The summed E-state index contributed by atoms with van der Waals surface area (Å²) in [6, 6.07) is 8.68. The monoisotopic (exact) mass is 404 g/mol. The van der Waals surface area contributed by atoms with E-state index < -0.39 is 17.6 Å². The van der Waals surface area contributed by atoms with Gasteiger partial charge in [0.2, 0.25) is 1.66 Å². The van der Waals surface area contributed by atoms with Crippen molar-refractivity contribution in [3.05, 3.63) is 35.9 Å².